The molecule has 1 aromatic carbocycles. The van der Waals surface area contributed by atoms with Crippen LogP contribution in [0.2, 0.25) is 0 Å². The summed E-state index contributed by atoms with van der Waals surface area (Å²) in [4.78, 5) is 25.0. The maximum Gasteiger partial charge on any atom is 0.417 e. The van der Waals surface area contributed by atoms with Gasteiger partial charge in [-0.05, 0) is 24.1 Å². The van der Waals surface area contributed by atoms with E-state index in [0.29, 0.717) is 17.8 Å². The van der Waals surface area contributed by atoms with Gasteiger partial charge in [0.1, 0.15) is 11.5 Å². The number of urea groups is 1. The van der Waals surface area contributed by atoms with Gasteiger partial charge in [0.15, 0.2) is 0 Å². The van der Waals surface area contributed by atoms with Crippen molar-refractivity contribution in [3.63, 3.8) is 0 Å². The van der Waals surface area contributed by atoms with Crippen molar-refractivity contribution >= 4 is 11.7 Å². The summed E-state index contributed by atoms with van der Waals surface area (Å²) in [5.41, 5.74) is -2.11. The van der Waals surface area contributed by atoms with E-state index < -0.39 is 34.8 Å². The maximum absolute atomic E-state index is 13.4. The van der Waals surface area contributed by atoms with E-state index in [4.69, 9.17) is 0 Å². The van der Waals surface area contributed by atoms with E-state index in [1.807, 2.05) is 10.3 Å². The van der Waals surface area contributed by atoms with E-state index >= 15 is 0 Å². The van der Waals surface area contributed by atoms with E-state index in [1.54, 1.807) is 12.1 Å². The minimum Gasteiger partial charge on any atom is -0.338 e. The number of amides is 2. The van der Waals surface area contributed by atoms with Crippen LogP contribution in [0.1, 0.15) is 11.1 Å². The molecule has 2 aromatic rings. The summed E-state index contributed by atoms with van der Waals surface area (Å²) in [6.45, 7) is 0.0453. The Hall–Kier alpha value is -2.84. The zero-order chi connectivity index (χ0) is 17.7. The number of carbonyl (C=O) groups is 1. The molecule has 0 aliphatic carbocycles. The first-order chi connectivity index (χ1) is 11.3. The second-order valence-electron chi connectivity index (χ2n) is 4.85. The number of hydrogen-bond acceptors (Lipinski definition) is 2. The van der Waals surface area contributed by atoms with Gasteiger partial charge in [0.2, 0.25) is 0 Å². The lowest BCUT2D eigenvalue weighted by atomic mass is 10.1. The Kier molecular flexibility index (Phi) is 5.22. The van der Waals surface area contributed by atoms with E-state index in [-0.39, 0.29) is 13.0 Å². The summed E-state index contributed by atoms with van der Waals surface area (Å²) in [6.07, 6.45) is -3.94. The first-order valence-corrected chi connectivity index (χ1v) is 6.85. The summed E-state index contributed by atoms with van der Waals surface area (Å²) in [6, 6.07) is 5.66. The number of carbonyl (C=O) groups excluding carboxylic acids is 1. The Balaban J connectivity index is 1.95. The second-order valence-corrected chi connectivity index (χ2v) is 4.85. The van der Waals surface area contributed by atoms with Crippen molar-refractivity contribution in [1.82, 2.24) is 10.3 Å². The van der Waals surface area contributed by atoms with Gasteiger partial charge in [0.25, 0.3) is 5.56 Å². The number of rotatable bonds is 4. The van der Waals surface area contributed by atoms with Gasteiger partial charge in [-0.3, -0.25) is 4.79 Å². The molecule has 0 spiro atoms. The molecule has 24 heavy (non-hydrogen) atoms. The third-order valence-electron chi connectivity index (χ3n) is 3.12. The van der Waals surface area contributed by atoms with Crippen molar-refractivity contribution in [2.75, 3.05) is 11.9 Å². The van der Waals surface area contributed by atoms with Crippen molar-refractivity contribution in [2.45, 2.75) is 12.6 Å². The van der Waals surface area contributed by atoms with Gasteiger partial charge in [-0.2, -0.15) is 13.2 Å². The molecule has 0 aliphatic heterocycles. The Bertz CT molecular complexity index is 787. The molecule has 0 atom stereocenters. The van der Waals surface area contributed by atoms with Crippen molar-refractivity contribution in [2.24, 2.45) is 0 Å². The van der Waals surface area contributed by atoms with Crippen LogP contribution in [0, 0.1) is 5.82 Å². The fourth-order valence-electron chi connectivity index (χ4n) is 1.92. The lowest BCUT2D eigenvalue weighted by Gasteiger charge is -2.10. The third-order valence-corrected chi connectivity index (χ3v) is 3.12. The molecule has 1 aromatic heterocycles. The quantitative estimate of drug-likeness (QED) is 0.747. The van der Waals surface area contributed by atoms with Gasteiger partial charge in [0.05, 0.1) is 5.56 Å². The topological polar surface area (TPSA) is 74.0 Å². The number of H-pyrrole nitrogens is 1. The van der Waals surface area contributed by atoms with Crippen molar-refractivity contribution in [1.29, 1.82) is 0 Å². The molecule has 0 aliphatic rings. The third kappa shape index (κ3) is 4.58. The molecular formula is C15H13F4N3O2. The van der Waals surface area contributed by atoms with Gasteiger partial charge >= 0.3 is 12.2 Å². The van der Waals surface area contributed by atoms with Crippen LogP contribution < -0.4 is 16.2 Å². The second kappa shape index (κ2) is 7.16. The number of nitrogens with one attached hydrogen (secondary N) is 3. The Morgan fingerprint density at radius 3 is 2.58 bits per heavy atom. The maximum atomic E-state index is 13.4. The number of pyridine rings is 1. The zero-order valence-electron chi connectivity index (χ0n) is 12.2. The number of halogens is 4. The molecule has 0 bridgehead atoms. The van der Waals surface area contributed by atoms with Crippen molar-refractivity contribution in [3.05, 3.63) is 63.8 Å². The van der Waals surface area contributed by atoms with Crippen LogP contribution >= 0.6 is 0 Å². The van der Waals surface area contributed by atoms with Gasteiger partial charge < -0.3 is 15.6 Å². The summed E-state index contributed by atoms with van der Waals surface area (Å²) in [5, 5.41) is 4.38. The molecule has 5 nitrogen and oxygen atoms in total. The first kappa shape index (κ1) is 17.5. The zero-order valence-corrected chi connectivity index (χ0v) is 12.2. The normalized spacial score (nSPS) is 11.2. The average molecular weight is 343 g/mol. The molecule has 9 heteroatoms. The molecule has 3 N–H and O–H groups in total. The highest BCUT2D eigenvalue weighted by Gasteiger charge is 2.31. The predicted octanol–water partition coefficient (Wildman–Crippen LogP) is 2.90. The Morgan fingerprint density at radius 2 is 1.92 bits per heavy atom. The smallest absolute Gasteiger partial charge is 0.338 e. The van der Waals surface area contributed by atoms with E-state index in [9.17, 15) is 27.2 Å². The van der Waals surface area contributed by atoms with Crippen LogP contribution in [-0.2, 0) is 12.6 Å². The molecule has 0 fully saturated rings. The highest BCUT2D eigenvalue weighted by atomic mass is 19.4. The molecule has 0 saturated heterocycles. The molecule has 2 rings (SSSR count). The standard InChI is InChI=1S/C15H13F4N3O2/c16-11-4-2-1-3-9(11)5-6-20-14(24)22-12-7-10(15(17,18)19)8-21-13(12)23/h1-4,7-8H,5-6H2,(H,21,23)(H2,20,22,24). The fraction of sp³-hybridized carbons (Fsp3) is 0.200. The molecule has 2 amide bonds. The number of aromatic nitrogens is 1. The molecule has 0 radical (unpaired) electrons. The van der Waals surface area contributed by atoms with Gasteiger partial charge in [-0.1, -0.05) is 18.2 Å². The number of aromatic amines is 1. The average Bonchev–Trinajstić information content (AvgIpc) is 2.50. The van der Waals surface area contributed by atoms with Gasteiger partial charge in [0, 0.05) is 12.7 Å². The van der Waals surface area contributed by atoms with Crippen molar-refractivity contribution < 1.29 is 22.4 Å². The first-order valence-electron chi connectivity index (χ1n) is 6.85. The summed E-state index contributed by atoms with van der Waals surface area (Å²) < 4.78 is 51.1. The fourth-order valence-corrected chi connectivity index (χ4v) is 1.92. The largest absolute Gasteiger partial charge is 0.417 e. The van der Waals surface area contributed by atoms with Crippen LogP contribution in [-0.4, -0.2) is 17.6 Å². The summed E-state index contributed by atoms with van der Waals surface area (Å²) >= 11 is 0. The SMILES string of the molecule is O=C(NCCc1ccccc1F)Nc1cc(C(F)(F)F)c[nH]c1=O. The molecule has 0 unspecified atom stereocenters. The molecule has 1 heterocycles. The highest BCUT2D eigenvalue weighted by molar-refractivity contribution is 5.89. The predicted molar refractivity (Wildman–Crippen MR) is 79.2 cm³/mol. The highest BCUT2D eigenvalue weighted by Crippen LogP contribution is 2.29. The Morgan fingerprint density at radius 1 is 1.21 bits per heavy atom. The van der Waals surface area contributed by atoms with Crippen LogP contribution in [0.15, 0.2) is 41.3 Å². The van der Waals surface area contributed by atoms with E-state index in [0.717, 1.165) is 0 Å². The van der Waals surface area contributed by atoms with Crippen molar-refractivity contribution in [3.8, 4) is 0 Å². The van der Waals surface area contributed by atoms with Crippen LogP contribution in [0.3, 0.4) is 0 Å². The minimum absolute atomic E-state index is 0.0453. The molecule has 0 saturated carbocycles. The van der Waals surface area contributed by atoms with Crippen LogP contribution in [0.4, 0.5) is 28.0 Å². The molecule has 128 valence electrons. The number of benzene rings is 1. The van der Waals surface area contributed by atoms with Crippen LogP contribution in [0.5, 0.6) is 0 Å². The minimum atomic E-state index is -4.65. The van der Waals surface area contributed by atoms with Gasteiger partial charge in [-0.15, -0.1) is 0 Å². The lowest BCUT2D eigenvalue weighted by molar-refractivity contribution is -0.137. The van der Waals surface area contributed by atoms with Gasteiger partial charge in [-0.25, -0.2) is 9.18 Å². The number of alkyl halides is 3. The molecular weight excluding hydrogens is 330 g/mol. The summed E-state index contributed by atoms with van der Waals surface area (Å²) in [7, 11) is 0. The number of anilines is 1. The van der Waals surface area contributed by atoms with E-state index in [2.05, 4.69) is 5.32 Å². The Labute approximate surface area is 133 Å². The summed E-state index contributed by atoms with van der Waals surface area (Å²) in [5.74, 6) is -0.422. The monoisotopic (exact) mass is 343 g/mol. The number of hydrogen-bond donors (Lipinski definition) is 3. The lowest BCUT2D eigenvalue weighted by Crippen LogP contribution is -2.32. The van der Waals surface area contributed by atoms with E-state index in [1.165, 1.54) is 12.1 Å². The van der Waals surface area contributed by atoms with Crippen LogP contribution in [0.25, 0.3) is 0 Å².